The number of rotatable bonds is 40. The quantitative estimate of drug-likeness (QED) is 0.0198. The van der Waals surface area contributed by atoms with Crippen molar-refractivity contribution in [2.24, 2.45) is 0 Å². The summed E-state index contributed by atoms with van der Waals surface area (Å²) in [6.07, 6.45) is 39.1. The Kier molecular flexibility index (Phi) is 36.1. The third-order valence-electron chi connectivity index (χ3n) is 9.47. The van der Waals surface area contributed by atoms with Crippen LogP contribution in [-0.2, 0) is 32.7 Å². The van der Waals surface area contributed by atoms with E-state index in [0.29, 0.717) is 17.4 Å². The Labute approximate surface area is 332 Å². The van der Waals surface area contributed by atoms with E-state index in [1.807, 2.05) is 21.1 Å². The molecule has 0 amide bonds. The van der Waals surface area contributed by atoms with E-state index in [1.165, 1.54) is 103 Å². The van der Waals surface area contributed by atoms with Gasteiger partial charge in [-0.1, -0.05) is 160 Å². The van der Waals surface area contributed by atoms with Gasteiger partial charge in [0.1, 0.15) is 19.8 Å². The number of hydrogen-bond acceptors (Lipinski definition) is 8. The van der Waals surface area contributed by atoms with E-state index in [1.54, 1.807) is 0 Å². The molecular weight excluding hydrogens is 701 g/mol. The molecule has 0 radical (unpaired) electrons. The van der Waals surface area contributed by atoms with Gasteiger partial charge in [0.05, 0.1) is 27.7 Å². The van der Waals surface area contributed by atoms with Crippen molar-refractivity contribution in [3.63, 3.8) is 0 Å². The first kappa shape index (κ1) is 52.5. The second-order valence-electron chi connectivity index (χ2n) is 16.1. The number of nitrogens with zero attached hydrogens (tertiary/aromatic N) is 1. The van der Waals surface area contributed by atoms with Gasteiger partial charge in [0.2, 0.25) is 0 Å². The largest absolute Gasteiger partial charge is 0.756 e. The molecule has 9 nitrogen and oxygen atoms in total. The number of likely N-dealkylation sites (N-methyl/N-ethyl adjacent to an activating group) is 1. The Balaban J connectivity index is 4.37. The van der Waals surface area contributed by atoms with Gasteiger partial charge in [0.15, 0.2) is 6.10 Å². The fourth-order valence-electron chi connectivity index (χ4n) is 5.98. The lowest BCUT2D eigenvalue weighted by molar-refractivity contribution is -0.870. The van der Waals surface area contributed by atoms with Gasteiger partial charge in [-0.2, -0.15) is 0 Å². The summed E-state index contributed by atoms with van der Waals surface area (Å²) in [7, 11) is 1.16. The maximum atomic E-state index is 12.7. The van der Waals surface area contributed by atoms with Crippen LogP contribution in [-0.4, -0.2) is 70.0 Å². The molecular formula is C44H84NO8P. The molecule has 2 atom stereocenters. The van der Waals surface area contributed by atoms with Crippen LogP contribution in [0.4, 0.5) is 0 Å². The van der Waals surface area contributed by atoms with Crippen LogP contribution < -0.4 is 4.89 Å². The summed E-state index contributed by atoms with van der Waals surface area (Å²) < 4.78 is 33.9. The second-order valence-corrected chi connectivity index (χ2v) is 17.5. The van der Waals surface area contributed by atoms with Crippen LogP contribution in [0.25, 0.3) is 0 Å². The maximum absolute atomic E-state index is 12.7. The van der Waals surface area contributed by atoms with E-state index in [9.17, 15) is 19.0 Å². The van der Waals surface area contributed by atoms with Crippen LogP contribution in [0.5, 0.6) is 0 Å². The average molecular weight is 786 g/mol. The lowest BCUT2D eigenvalue weighted by Gasteiger charge is -2.28. The predicted molar refractivity (Wildman–Crippen MR) is 222 cm³/mol. The summed E-state index contributed by atoms with van der Waals surface area (Å²) in [5.41, 5.74) is 0. The van der Waals surface area contributed by atoms with Gasteiger partial charge in [0.25, 0.3) is 7.82 Å². The summed E-state index contributed by atoms with van der Waals surface area (Å²) in [5.74, 6) is -0.844. The minimum atomic E-state index is -4.62. The van der Waals surface area contributed by atoms with Crippen molar-refractivity contribution in [2.75, 3.05) is 47.5 Å². The fourth-order valence-corrected chi connectivity index (χ4v) is 6.71. The molecule has 0 aliphatic heterocycles. The van der Waals surface area contributed by atoms with Gasteiger partial charge in [-0.15, -0.1) is 0 Å². The highest BCUT2D eigenvalue weighted by Crippen LogP contribution is 2.38. The molecule has 2 unspecified atom stereocenters. The Morgan fingerprint density at radius 3 is 1.50 bits per heavy atom. The van der Waals surface area contributed by atoms with Gasteiger partial charge in [0, 0.05) is 12.8 Å². The number of ether oxygens (including phenoxy) is 2. The topological polar surface area (TPSA) is 111 Å². The highest BCUT2D eigenvalue weighted by atomic mass is 31.2. The number of esters is 2. The predicted octanol–water partition coefficient (Wildman–Crippen LogP) is 11.7. The zero-order chi connectivity index (χ0) is 40.0. The first-order valence-electron chi connectivity index (χ1n) is 22.0. The first-order chi connectivity index (χ1) is 26.0. The zero-order valence-electron chi connectivity index (χ0n) is 35.7. The van der Waals surface area contributed by atoms with Crippen molar-refractivity contribution >= 4 is 19.8 Å². The Hall–Kier alpha value is -1.51. The minimum Gasteiger partial charge on any atom is -0.756 e. The third kappa shape index (κ3) is 40.2. The first-order valence-corrected chi connectivity index (χ1v) is 23.5. The Morgan fingerprint density at radius 2 is 1.00 bits per heavy atom. The summed E-state index contributed by atoms with van der Waals surface area (Å²) in [6, 6.07) is 0. The number of phosphoric acid groups is 1. The molecule has 0 saturated carbocycles. The monoisotopic (exact) mass is 786 g/mol. The van der Waals surface area contributed by atoms with E-state index >= 15 is 0 Å². The molecule has 0 fully saturated rings. The van der Waals surface area contributed by atoms with Crippen LogP contribution >= 0.6 is 7.82 Å². The Morgan fingerprint density at radius 1 is 0.574 bits per heavy atom. The number of allylic oxidation sites excluding steroid dienone is 4. The molecule has 0 N–H and O–H groups in total. The normalized spacial score (nSPS) is 13.8. The molecule has 0 aliphatic rings. The number of hydrogen-bond donors (Lipinski definition) is 0. The molecule has 54 heavy (non-hydrogen) atoms. The molecule has 318 valence electrons. The highest BCUT2D eigenvalue weighted by molar-refractivity contribution is 7.45. The smallest absolute Gasteiger partial charge is 0.306 e. The van der Waals surface area contributed by atoms with E-state index in [-0.39, 0.29) is 32.0 Å². The Bertz CT molecular complexity index is 980. The second kappa shape index (κ2) is 37.1. The van der Waals surface area contributed by atoms with Gasteiger partial charge < -0.3 is 27.9 Å². The molecule has 0 heterocycles. The van der Waals surface area contributed by atoms with Crippen LogP contribution in [0, 0.1) is 0 Å². The van der Waals surface area contributed by atoms with E-state index in [2.05, 4.69) is 38.2 Å². The maximum Gasteiger partial charge on any atom is 0.306 e. The third-order valence-corrected chi connectivity index (χ3v) is 10.4. The fraction of sp³-hybridized carbons (Fsp3) is 0.864. The van der Waals surface area contributed by atoms with Crippen LogP contribution in [0.1, 0.15) is 194 Å². The highest BCUT2D eigenvalue weighted by Gasteiger charge is 2.21. The summed E-state index contributed by atoms with van der Waals surface area (Å²) in [6.45, 7) is 4.20. The molecule has 0 saturated heterocycles. The van der Waals surface area contributed by atoms with E-state index in [0.717, 1.165) is 57.8 Å². The lowest BCUT2D eigenvalue weighted by atomic mass is 10.0. The van der Waals surface area contributed by atoms with E-state index in [4.69, 9.17) is 18.5 Å². The molecule has 0 spiro atoms. The van der Waals surface area contributed by atoms with Crippen LogP contribution in [0.15, 0.2) is 24.3 Å². The number of phosphoric ester groups is 1. The minimum absolute atomic E-state index is 0.0319. The molecule has 0 rings (SSSR count). The number of unbranched alkanes of at least 4 members (excludes halogenated alkanes) is 22. The van der Waals surface area contributed by atoms with Crippen molar-refractivity contribution in [3.05, 3.63) is 24.3 Å². The van der Waals surface area contributed by atoms with Crippen molar-refractivity contribution < 1.29 is 42.1 Å². The van der Waals surface area contributed by atoms with Gasteiger partial charge >= 0.3 is 11.9 Å². The average Bonchev–Trinajstić information content (AvgIpc) is 3.12. The molecule has 0 bridgehead atoms. The van der Waals surface area contributed by atoms with Gasteiger partial charge in [-0.25, -0.2) is 0 Å². The van der Waals surface area contributed by atoms with Crippen molar-refractivity contribution in [1.29, 1.82) is 0 Å². The molecule has 0 aromatic carbocycles. The van der Waals surface area contributed by atoms with Crippen molar-refractivity contribution in [2.45, 2.75) is 200 Å². The molecule has 10 heteroatoms. The SMILES string of the molecule is CCCCCC=CCC=CCCCCCCCC(=O)OC(COC(=O)CCCCCCCCCCCCCCCCC)COP(=O)([O-])OCC[N+](C)(C)C. The summed E-state index contributed by atoms with van der Waals surface area (Å²) in [5, 5.41) is 0. The standard InChI is InChI=1S/C44H84NO8P/c1-6-8-10-12-14-16-18-20-22-24-26-28-30-32-34-36-43(46)50-40-42(41-52-54(48,49)51-39-38-45(3,4)5)53-44(47)37-35-33-31-29-27-25-23-21-19-17-15-13-11-9-7-2/h15,17,21,23,42H,6-14,16,18-20,22,24-41H2,1-5H3. The van der Waals surface area contributed by atoms with Crippen LogP contribution in [0.2, 0.25) is 0 Å². The molecule has 0 aromatic rings. The summed E-state index contributed by atoms with van der Waals surface area (Å²) in [4.78, 5) is 37.5. The van der Waals surface area contributed by atoms with Gasteiger partial charge in [-0.3, -0.25) is 14.2 Å². The molecule has 0 aliphatic carbocycles. The van der Waals surface area contributed by atoms with Crippen LogP contribution in [0.3, 0.4) is 0 Å². The number of carbonyl (C=O) groups excluding carboxylic acids is 2. The summed E-state index contributed by atoms with van der Waals surface area (Å²) >= 11 is 0. The van der Waals surface area contributed by atoms with Crippen molar-refractivity contribution in [3.8, 4) is 0 Å². The van der Waals surface area contributed by atoms with E-state index < -0.39 is 26.5 Å². The van der Waals surface area contributed by atoms with Gasteiger partial charge in [-0.05, 0) is 44.9 Å². The van der Waals surface area contributed by atoms with Crippen molar-refractivity contribution in [1.82, 2.24) is 0 Å². The molecule has 0 aromatic heterocycles. The number of carbonyl (C=O) groups is 2. The zero-order valence-corrected chi connectivity index (χ0v) is 36.6. The lowest BCUT2D eigenvalue weighted by Crippen LogP contribution is -2.37. The number of quaternary nitrogens is 1.